The van der Waals surface area contributed by atoms with Gasteiger partial charge in [-0.1, -0.05) is 29.8 Å². The average molecular weight is 260 g/mol. The molecule has 0 aromatic heterocycles. The Morgan fingerprint density at radius 3 is 2.53 bits per heavy atom. The van der Waals surface area contributed by atoms with Crippen LogP contribution in [-0.2, 0) is 6.54 Å². The van der Waals surface area contributed by atoms with Gasteiger partial charge >= 0.3 is 5.69 Å². The van der Waals surface area contributed by atoms with Crippen LogP contribution in [0, 0.1) is 22.9 Å². The molecule has 0 bridgehead atoms. The summed E-state index contributed by atoms with van der Waals surface area (Å²) in [5.74, 6) is -0.828. The Hall–Kier alpha value is -2.43. The first-order valence-electron chi connectivity index (χ1n) is 5.79. The molecule has 98 valence electrons. The number of hydrogen-bond acceptors (Lipinski definition) is 3. The second kappa shape index (κ2) is 5.48. The predicted molar refractivity (Wildman–Crippen MR) is 71.6 cm³/mol. The van der Waals surface area contributed by atoms with E-state index in [0.29, 0.717) is 12.2 Å². The lowest BCUT2D eigenvalue weighted by Gasteiger charge is -2.07. The molecule has 0 aliphatic carbocycles. The number of aryl methyl sites for hydroxylation is 1. The minimum atomic E-state index is -0.828. The molecule has 2 aromatic carbocycles. The fourth-order valence-electron chi connectivity index (χ4n) is 1.67. The number of nitrogens with one attached hydrogen (secondary N) is 1. The van der Waals surface area contributed by atoms with Gasteiger partial charge in [0.1, 0.15) is 0 Å². The molecule has 0 radical (unpaired) electrons. The summed E-state index contributed by atoms with van der Waals surface area (Å²) in [6.07, 6.45) is 0. The second-order valence-corrected chi connectivity index (χ2v) is 4.26. The Morgan fingerprint density at radius 2 is 1.89 bits per heavy atom. The molecule has 0 saturated carbocycles. The standard InChI is InChI=1S/C14H13FN2O2/c1-10-2-4-11(5-3-10)9-16-12-6-7-13(15)14(8-12)17(18)19/h2-8,16H,9H2,1H3. The molecule has 5 heteroatoms. The summed E-state index contributed by atoms with van der Waals surface area (Å²) in [6.45, 7) is 2.53. The maximum atomic E-state index is 13.2. The van der Waals surface area contributed by atoms with Crippen molar-refractivity contribution in [2.45, 2.75) is 13.5 Å². The van der Waals surface area contributed by atoms with Crippen LogP contribution in [0.1, 0.15) is 11.1 Å². The van der Waals surface area contributed by atoms with E-state index in [4.69, 9.17) is 0 Å². The van der Waals surface area contributed by atoms with Gasteiger partial charge in [0.05, 0.1) is 4.92 Å². The summed E-state index contributed by atoms with van der Waals surface area (Å²) < 4.78 is 13.2. The van der Waals surface area contributed by atoms with E-state index in [9.17, 15) is 14.5 Å². The number of halogens is 1. The topological polar surface area (TPSA) is 55.2 Å². The highest BCUT2D eigenvalue weighted by molar-refractivity contribution is 5.52. The van der Waals surface area contributed by atoms with Crippen LogP contribution in [-0.4, -0.2) is 4.92 Å². The molecular weight excluding hydrogens is 247 g/mol. The van der Waals surface area contributed by atoms with E-state index in [2.05, 4.69) is 5.32 Å². The van der Waals surface area contributed by atoms with Gasteiger partial charge in [-0.3, -0.25) is 10.1 Å². The van der Waals surface area contributed by atoms with Crippen molar-refractivity contribution in [3.05, 3.63) is 69.5 Å². The van der Waals surface area contributed by atoms with Gasteiger partial charge in [-0.05, 0) is 24.6 Å². The van der Waals surface area contributed by atoms with Crippen molar-refractivity contribution < 1.29 is 9.31 Å². The van der Waals surface area contributed by atoms with E-state index in [-0.39, 0.29) is 0 Å². The lowest BCUT2D eigenvalue weighted by molar-refractivity contribution is -0.387. The molecule has 1 N–H and O–H groups in total. The maximum absolute atomic E-state index is 13.2. The summed E-state index contributed by atoms with van der Waals surface area (Å²) >= 11 is 0. The van der Waals surface area contributed by atoms with E-state index in [1.165, 1.54) is 17.7 Å². The van der Waals surface area contributed by atoms with Gasteiger partial charge < -0.3 is 5.32 Å². The average Bonchev–Trinajstić information content (AvgIpc) is 2.39. The number of hydrogen-bond donors (Lipinski definition) is 1. The van der Waals surface area contributed by atoms with Crippen molar-refractivity contribution in [1.29, 1.82) is 0 Å². The van der Waals surface area contributed by atoms with Gasteiger partial charge in [-0.25, -0.2) is 0 Å². The van der Waals surface area contributed by atoms with Crippen molar-refractivity contribution >= 4 is 11.4 Å². The van der Waals surface area contributed by atoms with Crippen LogP contribution in [0.2, 0.25) is 0 Å². The lowest BCUT2D eigenvalue weighted by Crippen LogP contribution is -2.01. The van der Waals surface area contributed by atoms with E-state index >= 15 is 0 Å². The van der Waals surface area contributed by atoms with Crippen LogP contribution >= 0.6 is 0 Å². The molecule has 0 spiro atoms. The number of anilines is 1. The van der Waals surface area contributed by atoms with Crippen LogP contribution in [0.25, 0.3) is 0 Å². The van der Waals surface area contributed by atoms with E-state index < -0.39 is 16.4 Å². The Balaban J connectivity index is 2.09. The van der Waals surface area contributed by atoms with Gasteiger partial charge in [0, 0.05) is 18.3 Å². The Morgan fingerprint density at radius 1 is 1.21 bits per heavy atom. The van der Waals surface area contributed by atoms with Crippen molar-refractivity contribution in [3.63, 3.8) is 0 Å². The highest BCUT2D eigenvalue weighted by Crippen LogP contribution is 2.22. The third-order valence-electron chi connectivity index (χ3n) is 2.76. The van der Waals surface area contributed by atoms with Crippen LogP contribution < -0.4 is 5.32 Å². The van der Waals surface area contributed by atoms with Crippen LogP contribution in [0.5, 0.6) is 0 Å². The first-order valence-corrected chi connectivity index (χ1v) is 5.79. The van der Waals surface area contributed by atoms with Crippen LogP contribution in [0.15, 0.2) is 42.5 Å². The van der Waals surface area contributed by atoms with Crippen LogP contribution in [0.4, 0.5) is 15.8 Å². The second-order valence-electron chi connectivity index (χ2n) is 4.26. The summed E-state index contributed by atoms with van der Waals surface area (Å²) in [4.78, 5) is 9.89. The Kier molecular flexibility index (Phi) is 3.75. The number of nitrogens with zero attached hydrogens (tertiary/aromatic N) is 1. The van der Waals surface area contributed by atoms with Gasteiger partial charge in [0.15, 0.2) is 0 Å². The largest absolute Gasteiger partial charge is 0.381 e. The van der Waals surface area contributed by atoms with Crippen molar-refractivity contribution in [1.82, 2.24) is 0 Å². The van der Waals surface area contributed by atoms with Crippen molar-refractivity contribution in [2.24, 2.45) is 0 Å². The van der Waals surface area contributed by atoms with Gasteiger partial charge in [-0.15, -0.1) is 0 Å². The molecule has 2 aromatic rings. The van der Waals surface area contributed by atoms with Crippen molar-refractivity contribution in [2.75, 3.05) is 5.32 Å². The van der Waals surface area contributed by atoms with E-state index in [1.54, 1.807) is 0 Å². The van der Waals surface area contributed by atoms with Crippen molar-refractivity contribution in [3.8, 4) is 0 Å². The maximum Gasteiger partial charge on any atom is 0.306 e. The third-order valence-corrected chi connectivity index (χ3v) is 2.76. The molecule has 0 atom stereocenters. The summed E-state index contributed by atoms with van der Waals surface area (Å²) in [6, 6.07) is 11.7. The molecule has 0 aliphatic heterocycles. The van der Waals surface area contributed by atoms with E-state index in [1.807, 2.05) is 31.2 Å². The monoisotopic (exact) mass is 260 g/mol. The normalized spacial score (nSPS) is 10.2. The number of nitro groups is 1. The number of benzene rings is 2. The molecule has 0 heterocycles. The molecule has 0 fully saturated rings. The smallest absolute Gasteiger partial charge is 0.306 e. The Bertz CT molecular complexity index is 597. The van der Waals surface area contributed by atoms with Gasteiger partial charge in [0.2, 0.25) is 5.82 Å². The lowest BCUT2D eigenvalue weighted by atomic mass is 10.1. The van der Waals surface area contributed by atoms with Gasteiger partial charge in [0.25, 0.3) is 0 Å². The molecule has 0 amide bonds. The van der Waals surface area contributed by atoms with E-state index in [0.717, 1.165) is 11.6 Å². The zero-order valence-electron chi connectivity index (χ0n) is 10.4. The molecule has 19 heavy (non-hydrogen) atoms. The fourth-order valence-corrected chi connectivity index (χ4v) is 1.67. The highest BCUT2D eigenvalue weighted by Gasteiger charge is 2.13. The molecule has 4 nitrogen and oxygen atoms in total. The molecule has 0 aliphatic rings. The zero-order chi connectivity index (χ0) is 13.8. The van der Waals surface area contributed by atoms with Crippen LogP contribution in [0.3, 0.4) is 0 Å². The predicted octanol–water partition coefficient (Wildman–Crippen LogP) is 3.65. The summed E-state index contributed by atoms with van der Waals surface area (Å²) in [5, 5.41) is 13.7. The first-order chi connectivity index (χ1) is 9.06. The minimum Gasteiger partial charge on any atom is -0.381 e. The third kappa shape index (κ3) is 3.28. The molecule has 2 rings (SSSR count). The highest BCUT2D eigenvalue weighted by atomic mass is 19.1. The summed E-state index contributed by atoms with van der Waals surface area (Å²) in [7, 11) is 0. The first kappa shape index (κ1) is 13.0. The Labute approximate surface area is 110 Å². The molecular formula is C14H13FN2O2. The SMILES string of the molecule is Cc1ccc(CNc2ccc(F)c([N+](=O)[O-])c2)cc1. The fraction of sp³-hybridized carbons (Fsp3) is 0.143. The van der Waals surface area contributed by atoms with Gasteiger partial charge in [-0.2, -0.15) is 4.39 Å². The quantitative estimate of drug-likeness (QED) is 0.674. The number of rotatable bonds is 4. The molecule has 0 unspecified atom stereocenters. The molecule has 0 saturated heterocycles. The summed E-state index contributed by atoms with van der Waals surface area (Å²) in [5.41, 5.74) is 2.22. The minimum absolute atomic E-state index is 0.520. The zero-order valence-corrected chi connectivity index (χ0v) is 10.4. The number of nitro benzene ring substituents is 1.